The molecule has 0 aliphatic carbocycles. The van der Waals surface area contributed by atoms with E-state index in [1.807, 2.05) is 0 Å². The summed E-state index contributed by atoms with van der Waals surface area (Å²) in [5.41, 5.74) is -0.652. The van der Waals surface area contributed by atoms with E-state index in [2.05, 4.69) is 0 Å². The Bertz CT molecular complexity index is 1190. The van der Waals surface area contributed by atoms with Crippen molar-refractivity contribution in [1.82, 2.24) is 0 Å². The van der Waals surface area contributed by atoms with Gasteiger partial charge in [-0.3, -0.25) is 4.55 Å². The van der Waals surface area contributed by atoms with Gasteiger partial charge in [0.1, 0.15) is 11.5 Å². The molecule has 1 unspecified atom stereocenters. The van der Waals surface area contributed by atoms with Gasteiger partial charge in [0.25, 0.3) is 10.1 Å². The molecule has 5 nitrogen and oxygen atoms in total. The molecule has 0 bridgehead atoms. The number of phenols is 2. The molecule has 0 saturated carbocycles. The maximum atomic E-state index is 13.0. The summed E-state index contributed by atoms with van der Waals surface area (Å²) in [6.07, 6.45) is 0. The van der Waals surface area contributed by atoms with Crippen molar-refractivity contribution in [1.29, 1.82) is 0 Å². The van der Waals surface area contributed by atoms with Crippen LogP contribution in [0.4, 0.5) is 0 Å². The molecule has 0 radical (unpaired) electrons. The zero-order chi connectivity index (χ0) is 21.6. The van der Waals surface area contributed by atoms with Gasteiger partial charge in [0.05, 0.1) is 0 Å². The van der Waals surface area contributed by atoms with E-state index < -0.39 is 20.6 Å². The maximum absolute atomic E-state index is 13.0. The lowest BCUT2D eigenvalue weighted by Crippen LogP contribution is -2.39. The van der Waals surface area contributed by atoms with Gasteiger partial charge >= 0.3 is 0 Å². The van der Waals surface area contributed by atoms with Gasteiger partial charge in [-0.2, -0.15) is 8.42 Å². The third-order valence-corrected chi connectivity index (χ3v) is 6.82. The second-order valence-corrected chi connectivity index (χ2v) is 9.36. The molecule has 0 amide bonds. The van der Waals surface area contributed by atoms with Crippen molar-refractivity contribution in [2.45, 2.75) is 4.75 Å². The highest BCUT2D eigenvalue weighted by Crippen LogP contribution is 2.52. The second kappa shape index (κ2) is 7.87. The maximum Gasteiger partial charge on any atom is 0.283 e. The van der Waals surface area contributed by atoms with Crippen LogP contribution in [0.5, 0.6) is 11.5 Å². The molecule has 0 aliphatic rings. The standard InChI is InChI=1S/C19H12Cl4O5S/c20-11-4-5-14(17(25)9-11)19(29(26,27)28,10-2-1-3-13(24)6-10)18-15(22)7-12(21)8-16(18)23/h1-9,24-25H,(H,26,27,28). The first-order valence-electron chi connectivity index (χ1n) is 7.89. The summed E-state index contributed by atoms with van der Waals surface area (Å²) in [5, 5.41) is 20.5. The fourth-order valence-corrected chi connectivity index (χ4v) is 5.99. The van der Waals surface area contributed by atoms with Crippen LogP contribution in [0.15, 0.2) is 54.6 Å². The van der Waals surface area contributed by atoms with Crippen molar-refractivity contribution in [2.24, 2.45) is 0 Å². The number of halogens is 4. The summed E-state index contributed by atoms with van der Waals surface area (Å²) in [4.78, 5) is 0. The number of benzene rings is 3. The summed E-state index contributed by atoms with van der Waals surface area (Å²) >= 11 is 24.5. The van der Waals surface area contributed by atoms with Crippen molar-refractivity contribution in [2.75, 3.05) is 0 Å². The van der Waals surface area contributed by atoms with Gasteiger partial charge in [0, 0.05) is 31.2 Å². The predicted molar refractivity (Wildman–Crippen MR) is 114 cm³/mol. The molecule has 3 rings (SSSR count). The average Bonchev–Trinajstić information content (AvgIpc) is 2.57. The second-order valence-electron chi connectivity index (χ2n) is 6.11. The van der Waals surface area contributed by atoms with Crippen LogP contribution < -0.4 is 0 Å². The summed E-state index contributed by atoms with van der Waals surface area (Å²) in [6, 6.07) is 11.3. The number of rotatable bonds is 4. The van der Waals surface area contributed by atoms with Crippen LogP contribution in [0.25, 0.3) is 0 Å². The minimum atomic E-state index is -5.12. The summed E-state index contributed by atoms with van der Waals surface area (Å²) < 4.78 is 33.9. The lowest BCUT2D eigenvalue weighted by Gasteiger charge is -2.34. The van der Waals surface area contributed by atoms with E-state index in [1.54, 1.807) is 0 Å². The number of phenolic OH excluding ortho intramolecular Hbond substituents is 2. The first kappa shape index (κ1) is 22.0. The Morgan fingerprint density at radius 3 is 1.93 bits per heavy atom. The topological polar surface area (TPSA) is 94.8 Å². The fraction of sp³-hybridized carbons (Fsp3) is 0.0526. The van der Waals surface area contributed by atoms with Crippen LogP contribution in [0, 0.1) is 0 Å². The zero-order valence-electron chi connectivity index (χ0n) is 14.3. The Morgan fingerprint density at radius 1 is 0.793 bits per heavy atom. The summed E-state index contributed by atoms with van der Waals surface area (Å²) in [7, 11) is -5.12. The molecular weight excluding hydrogens is 482 g/mol. The van der Waals surface area contributed by atoms with Crippen LogP contribution in [0.1, 0.15) is 16.7 Å². The van der Waals surface area contributed by atoms with E-state index in [9.17, 15) is 23.2 Å². The molecule has 3 aromatic carbocycles. The SMILES string of the molecule is O=S(=O)(O)C(c1cccc(O)c1)(c1ccc(Cl)cc1O)c1c(Cl)cc(Cl)cc1Cl. The van der Waals surface area contributed by atoms with Gasteiger partial charge in [-0.05, 0) is 42.0 Å². The van der Waals surface area contributed by atoms with Crippen LogP contribution in [0.2, 0.25) is 20.1 Å². The predicted octanol–water partition coefficient (Wildman–Crippen LogP) is 5.89. The smallest absolute Gasteiger partial charge is 0.283 e. The van der Waals surface area contributed by atoms with Crippen molar-refractivity contribution >= 4 is 56.5 Å². The van der Waals surface area contributed by atoms with E-state index in [4.69, 9.17) is 46.4 Å². The molecule has 3 N–H and O–H groups in total. The Morgan fingerprint density at radius 2 is 1.41 bits per heavy atom. The van der Waals surface area contributed by atoms with Crippen LogP contribution in [-0.2, 0) is 14.9 Å². The monoisotopic (exact) mass is 492 g/mol. The van der Waals surface area contributed by atoms with Crippen molar-refractivity contribution in [3.63, 3.8) is 0 Å². The fourth-order valence-electron chi connectivity index (χ4n) is 3.26. The highest BCUT2D eigenvalue weighted by Gasteiger charge is 2.52. The molecule has 0 heterocycles. The van der Waals surface area contributed by atoms with Crippen LogP contribution in [-0.4, -0.2) is 23.2 Å². The van der Waals surface area contributed by atoms with Crippen LogP contribution in [0.3, 0.4) is 0 Å². The Balaban J connectivity index is 2.63. The Labute approximate surface area is 186 Å². The molecule has 0 fully saturated rings. The highest BCUT2D eigenvalue weighted by molar-refractivity contribution is 7.87. The number of hydrogen-bond acceptors (Lipinski definition) is 4. The molecule has 3 aromatic rings. The lowest BCUT2D eigenvalue weighted by atomic mass is 9.83. The molecule has 0 saturated heterocycles. The Kier molecular flexibility index (Phi) is 5.98. The van der Waals surface area contributed by atoms with Gasteiger partial charge in [-0.1, -0.05) is 64.6 Å². The first-order chi connectivity index (χ1) is 13.5. The molecule has 29 heavy (non-hydrogen) atoms. The van der Waals surface area contributed by atoms with Crippen molar-refractivity contribution in [3.8, 4) is 11.5 Å². The molecule has 1 atom stereocenters. The van der Waals surface area contributed by atoms with E-state index >= 15 is 0 Å². The van der Waals surface area contributed by atoms with Crippen molar-refractivity contribution < 1.29 is 23.2 Å². The molecular formula is C19H12Cl4O5S. The normalized spacial score (nSPS) is 13.8. The van der Waals surface area contributed by atoms with Crippen LogP contribution >= 0.6 is 46.4 Å². The van der Waals surface area contributed by atoms with Gasteiger partial charge in [0.15, 0.2) is 4.75 Å². The molecule has 10 heteroatoms. The molecule has 152 valence electrons. The average molecular weight is 494 g/mol. The molecule has 0 aliphatic heterocycles. The lowest BCUT2D eigenvalue weighted by molar-refractivity contribution is 0.439. The van der Waals surface area contributed by atoms with E-state index in [0.29, 0.717) is 0 Å². The van der Waals surface area contributed by atoms with E-state index in [0.717, 1.165) is 12.1 Å². The Hall–Kier alpha value is -1.67. The highest BCUT2D eigenvalue weighted by atomic mass is 35.5. The van der Waals surface area contributed by atoms with Gasteiger partial charge in [-0.25, -0.2) is 0 Å². The molecule has 0 aromatic heterocycles. The van der Waals surface area contributed by atoms with E-state index in [-0.39, 0.29) is 42.5 Å². The van der Waals surface area contributed by atoms with Gasteiger partial charge in [0.2, 0.25) is 0 Å². The third-order valence-electron chi connectivity index (χ3n) is 4.34. The minimum Gasteiger partial charge on any atom is -0.508 e. The van der Waals surface area contributed by atoms with E-state index in [1.165, 1.54) is 42.5 Å². The van der Waals surface area contributed by atoms with Crippen molar-refractivity contribution in [3.05, 3.63) is 91.4 Å². The third kappa shape index (κ3) is 3.77. The molecule has 0 spiro atoms. The zero-order valence-corrected chi connectivity index (χ0v) is 18.1. The summed E-state index contributed by atoms with van der Waals surface area (Å²) in [5.74, 6) is -0.828. The van der Waals surface area contributed by atoms with Gasteiger partial charge in [-0.15, -0.1) is 0 Å². The quantitative estimate of drug-likeness (QED) is 0.311. The first-order valence-corrected chi connectivity index (χ1v) is 10.8. The number of hydrogen-bond donors (Lipinski definition) is 3. The minimum absolute atomic E-state index is 0.122. The largest absolute Gasteiger partial charge is 0.508 e. The number of aromatic hydroxyl groups is 2. The summed E-state index contributed by atoms with van der Waals surface area (Å²) in [6.45, 7) is 0. The van der Waals surface area contributed by atoms with Gasteiger partial charge < -0.3 is 10.2 Å².